The molecule has 3 unspecified atom stereocenters. The van der Waals surface area contributed by atoms with Gasteiger partial charge in [0.15, 0.2) is 0 Å². The van der Waals surface area contributed by atoms with E-state index in [9.17, 15) is 0 Å². The Morgan fingerprint density at radius 3 is 2.53 bits per heavy atom. The lowest BCUT2D eigenvalue weighted by Gasteiger charge is -2.24. The van der Waals surface area contributed by atoms with Crippen LogP contribution in [0, 0.1) is 47.9 Å². The minimum absolute atomic E-state index is 0. The fraction of sp³-hybridized carbons (Fsp3) is 0.476. The molecular formula is C42H55N. The third-order valence-electron chi connectivity index (χ3n) is 9.90. The van der Waals surface area contributed by atoms with Crippen molar-refractivity contribution in [1.82, 2.24) is 0 Å². The Morgan fingerprint density at radius 2 is 1.86 bits per heavy atom. The van der Waals surface area contributed by atoms with E-state index in [-0.39, 0.29) is 12.8 Å². The Balaban J connectivity index is 0.000000377. The maximum Gasteiger partial charge on any atom is 0.0541 e. The fourth-order valence-electron chi connectivity index (χ4n) is 7.02. The van der Waals surface area contributed by atoms with Gasteiger partial charge in [-0.2, -0.15) is 0 Å². The van der Waals surface area contributed by atoms with Gasteiger partial charge in [0.1, 0.15) is 0 Å². The number of aryl methyl sites for hydroxylation is 1. The third-order valence-corrected chi connectivity index (χ3v) is 9.90. The molecule has 228 valence electrons. The average Bonchev–Trinajstić information content (AvgIpc) is 3.57. The van der Waals surface area contributed by atoms with Crippen LogP contribution in [0.25, 0.3) is 5.57 Å². The molecule has 5 aliphatic rings. The summed E-state index contributed by atoms with van der Waals surface area (Å²) in [7, 11) is 0. The lowest BCUT2D eigenvalue weighted by atomic mass is 9.82. The van der Waals surface area contributed by atoms with Crippen molar-refractivity contribution in [3.05, 3.63) is 107 Å². The van der Waals surface area contributed by atoms with Crippen LogP contribution in [0.3, 0.4) is 0 Å². The molecule has 2 saturated carbocycles. The van der Waals surface area contributed by atoms with Crippen LogP contribution < -0.4 is 0 Å². The summed E-state index contributed by atoms with van der Waals surface area (Å²) < 4.78 is 0. The van der Waals surface area contributed by atoms with Crippen LogP contribution in [-0.2, 0) is 0 Å². The Kier molecular flexibility index (Phi) is 11.3. The van der Waals surface area contributed by atoms with Crippen LogP contribution in [0.4, 0.5) is 0 Å². The van der Waals surface area contributed by atoms with E-state index in [0.29, 0.717) is 5.92 Å². The van der Waals surface area contributed by atoms with Gasteiger partial charge in [-0.3, -0.25) is 4.99 Å². The summed E-state index contributed by atoms with van der Waals surface area (Å²) in [5.74, 6) is 9.66. The van der Waals surface area contributed by atoms with E-state index < -0.39 is 0 Å². The van der Waals surface area contributed by atoms with Gasteiger partial charge >= 0.3 is 0 Å². The van der Waals surface area contributed by atoms with Crippen molar-refractivity contribution in [3.63, 3.8) is 0 Å². The quantitative estimate of drug-likeness (QED) is 0.245. The molecule has 43 heavy (non-hydrogen) atoms. The first-order chi connectivity index (χ1) is 20.8. The average molecular weight is 574 g/mol. The van der Waals surface area contributed by atoms with Gasteiger partial charge in [0, 0.05) is 29.8 Å². The number of rotatable bonds is 5. The molecule has 1 nitrogen and oxygen atoms in total. The summed E-state index contributed by atoms with van der Waals surface area (Å²) in [6.07, 6.45) is 26.1. The maximum absolute atomic E-state index is 4.51. The number of fused-ring (bicyclic) bond motifs is 2. The van der Waals surface area contributed by atoms with Crippen LogP contribution in [0.1, 0.15) is 111 Å². The Morgan fingerprint density at radius 1 is 1.09 bits per heavy atom. The van der Waals surface area contributed by atoms with Crippen molar-refractivity contribution in [2.45, 2.75) is 99.8 Å². The zero-order valence-corrected chi connectivity index (χ0v) is 27.9. The van der Waals surface area contributed by atoms with Crippen LogP contribution in [-0.4, -0.2) is 5.71 Å². The first-order valence-electron chi connectivity index (χ1n) is 16.9. The molecule has 0 N–H and O–H groups in total. The Bertz CT molecular complexity index is 1470. The van der Waals surface area contributed by atoms with Crippen molar-refractivity contribution in [2.24, 2.45) is 34.1 Å². The first-order valence-corrected chi connectivity index (χ1v) is 16.9. The van der Waals surface area contributed by atoms with Crippen molar-refractivity contribution in [2.75, 3.05) is 0 Å². The highest BCUT2D eigenvalue weighted by Gasteiger charge is 2.52. The van der Waals surface area contributed by atoms with Gasteiger partial charge in [-0.1, -0.05) is 133 Å². The van der Waals surface area contributed by atoms with Gasteiger partial charge in [-0.25, -0.2) is 0 Å². The molecular weight excluding hydrogens is 518 g/mol. The van der Waals surface area contributed by atoms with Gasteiger partial charge < -0.3 is 0 Å². The third kappa shape index (κ3) is 7.80. The normalized spacial score (nSPS) is 24.7. The number of hydrogen-bond donors (Lipinski definition) is 0. The van der Waals surface area contributed by atoms with E-state index in [0.717, 1.165) is 41.5 Å². The van der Waals surface area contributed by atoms with Gasteiger partial charge in [-0.05, 0) is 79.7 Å². The van der Waals surface area contributed by atoms with Crippen molar-refractivity contribution < 1.29 is 1.43 Å². The van der Waals surface area contributed by atoms with E-state index in [1.54, 1.807) is 0 Å². The number of hydrogen-bond acceptors (Lipinski definition) is 1. The summed E-state index contributed by atoms with van der Waals surface area (Å²) >= 11 is 0. The molecule has 0 amide bonds. The summed E-state index contributed by atoms with van der Waals surface area (Å²) in [5, 5.41) is 0. The lowest BCUT2D eigenvalue weighted by molar-refractivity contribution is 0.279. The second-order valence-electron chi connectivity index (χ2n) is 13.0. The summed E-state index contributed by atoms with van der Waals surface area (Å²) in [5.41, 5.74) is 13.2. The SMILES string of the molecule is C=C=C(CC12C=C(C)C(CC)=CC1C2)c1ccc(C)c(C#CC2=CN=C3C=CC=CC23)c1.CC.CC(C)C1CCCCC1.[HH]. The number of allylic oxidation sites excluding steroid dienone is 10. The minimum Gasteiger partial charge on any atom is -0.259 e. The summed E-state index contributed by atoms with van der Waals surface area (Å²) in [6, 6.07) is 6.58. The molecule has 1 aromatic carbocycles. The summed E-state index contributed by atoms with van der Waals surface area (Å²) in [4.78, 5) is 4.51. The fourth-order valence-corrected chi connectivity index (χ4v) is 7.02. The smallest absolute Gasteiger partial charge is 0.0541 e. The molecule has 3 atom stereocenters. The van der Waals surface area contributed by atoms with Gasteiger partial charge in [0.05, 0.1) is 11.6 Å². The topological polar surface area (TPSA) is 12.4 Å². The zero-order chi connectivity index (χ0) is 31.0. The van der Waals surface area contributed by atoms with Crippen molar-refractivity contribution in [1.29, 1.82) is 0 Å². The minimum atomic E-state index is 0. The van der Waals surface area contributed by atoms with E-state index in [1.807, 2.05) is 26.1 Å². The molecule has 2 fully saturated rings. The number of benzene rings is 1. The Hall–Kier alpha value is -3.33. The van der Waals surface area contributed by atoms with Crippen molar-refractivity contribution >= 4 is 11.3 Å². The molecule has 1 heterocycles. The second-order valence-corrected chi connectivity index (χ2v) is 13.0. The zero-order valence-electron chi connectivity index (χ0n) is 27.9. The van der Waals surface area contributed by atoms with Crippen LogP contribution in [0.2, 0.25) is 0 Å². The predicted octanol–water partition coefficient (Wildman–Crippen LogP) is 11.8. The molecule has 1 heteroatoms. The molecule has 4 aliphatic carbocycles. The molecule has 0 radical (unpaired) electrons. The van der Waals surface area contributed by atoms with Crippen LogP contribution in [0.5, 0.6) is 0 Å². The highest BCUT2D eigenvalue weighted by molar-refractivity contribution is 6.04. The molecule has 0 aromatic heterocycles. The molecule has 0 saturated heterocycles. The van der Waals surface area contributed by atoms with E-state index >= 15 is 0 Å². The van der Waals surface area contributed by atoms with Crippen LogP contribution in [0.15, 0.2) is 94.9 Å². The first kappa shape index (κ1) is 32.6. The highest BCUT2D eigenvalue weighted by Crippen LogP contribution is 2.62. The molecule has 0 spiro atoms. The molecule has 1 aromatic rings. The second kappa shape index (κ2) is 14.9. The lowest BCUT2D eigenvalue weighted by Crippen LogP contribution is -2.12. The standard InChI is InChI=1S/C31H29N.C9H18.C2H6.H2/c1-5-23-16-28-19-31(28,17-22(23)4)18-24(6-2)26-12-11-21(3)25(15-26)13-14-27-20-32-30-10-8-7-9-29(27)30;1-8(2)9-6-4-3-5-7-9;1-2;/h7-12,15-17,20,28-29H,2,5,18-19H2,1,3-4H3;8-9H,3-7H2,1-2H3;1-2H3;1H. The van der Waals surface area contributed by atoms with Gasteiger partial charge in [-0.15, -0.1) is 5.73 Å². The molecule has 1 aliphatic heterocycles. The maximum atomic E-state index is 4.51. The Labute approximate surface area is 264 Å². The summed E-state index contributed by atoms with van der Waals surface area (Å²) in [6.45, 7) is 19.4. The van der Waals surface area contributed by atoms with Crippen LogP contribution >= 0.6 is 0 Å². The molecule has 0 bridgehead atoms. The monoisotopic (exact) mass is 573 g/mol. The highest BCUT2D eigenvalue weighted by atomic mass is 14.7. The van der Waals surface area contributed by atoms with E-state index in [4.69, 9.17) is 0 Å². The van der Waals surface area contributed by atoms with Gasteiger partial charge in [0.2, 0.25) is 0 Å². The van der Waals surface area contributed by atoms with Crippen molar-refractivity contribution in [3.8, 4) is 11.8 Å². The number of aliphatic imine (C=N–C) groups is 1. The van der Waals surface area contributed by atoms with E-state index in [1.165, 1.54) is 66.4 Å². The van der Waals surface area contributed by atoms with Gasteiger partial charge in [0.25, 0.3) is 0 Å². The largest absolute Gasteiger partial charge is 0.259 e. The molecule has 6 rings (SSSR count). The van der Waals surface area contributed by atoms with E-state index in [2.05, 4.69) is 112 Å². The number of nitrogens with zero attached hydrogens (tertiary/aromatic N) is 1. The predicted molar refractivity (Wildman–Crippen MR) is 190 cm³/mol.